The second-order valence-corrected chi connectivity index (χ2v) is 4.82. The topological polar surface area (TPSA) is 76.4 Å². The van der Waals surface area contributed by atoms with Crippen LogP contribution in [0.5, 0.6) is 5.75 Å². The van der Waals surface area contributed by atoms with E-state index in [1.54, 1.807) is 24.5 Å². The lowest BCUT2D eigenvalue weighted by Crippen LogP contribution is -2.14. The molecule has 0 amide bonds. The smallest absolute Gasteiger partial charge is 0.312 e. The molecule has 0 atom stereocenters. The summed E-state index contributed by atoms with van der Waals surface area (Å²) in [5, 5.41) is 12.1. The molecule has 112 valence electrons. The lowest BCUT2D eigenvalue weighted by molar-refractivity contribution is -0.134. The Labute approximate surface area is 123 Å². The molecule has 21 heavy (non-hydrogen) atoms. The lowest BCUT2D eigenvalue weighted by Gasteiger charge is -2.08. The van der Waals surface area contributed by atoms with Crippen molar-refractivity contribution in [1.82, 2.24) is 9.55 Å². The molecular formula is C15H19N3O3. The number of aromatic nitrogens is 2. The molecule has 2 aromatic rings. The Morgan fingerprint density at radius 3 is 2.90 bits per heavy atom. The molecule has 6 nitrogen and oxygen atoms in total. The van der Waals surface area contributed by atoms with Gasteiger partial charge in [-0.15, -0.1) is 0 Å². The SMILES string of the molecule is Cc1cc(OC(=O)CCNc2cn(C)cn2)ccc1CO. The second kappa shape index (κ2) is 6.90. The number of aliphatic hydroxyl groups is 1. The number of rotatable bonds is 6. The highest BCUT2D eigenvalue weighted by molar-refractivity contribution is 5.73. The van der Waals surface area contributed by atoms with Gasteiger partial charge in [-0.25, -0.2) is 4.98 Å². The number of nitrogens with one attached hydrogen (secondary N) is 1. The summed E-state index contributed by atoms with van der Waals surface area (Å²) in [5.41, 5.74) is 1.72. The van der Waals surface area contributed by atoms with Crippen LogP contribution in [0.15, 0.2) is 30.7 Å². The molecule has 2 rings (SSSR count). The minimum Gasteiger partial charge on any atom is -0.426 e. The molecule has 1 aromatic carbocycles. The standard InChI is InChI=1S/C15H19N3O3/c1-11-7-13(4-3-12(11)9-19)21-15(20)5-6-16-14-8-18(2)10-17-14/h3-4,7-8,10,16,19H,5-6,9H2,1-2H3. The van der Waals surface area contributed by atoms with Crippen LogP contribution in [-0.2, 0) is 18.4 Å². The maximum Gasteiger partial charge on any atom is 0.312 e. The predicted molar refractivity (Wildman–Crippen MR) is 79.1 cm³/mol. The van der Waals surface area contributed by atoms with E-state index in [-0.39, 0.29) is 19.0 Å². The molecule has 1 aromatic heterocycles. The molecule has 0 unspecified atom stereocenters. The summed E-state index contributed by atoms with van der Waals surface area (Å²) in [7, 11) is 1.88. The molecule has 0 saturated carbocycles. The van der Waals surface area contributed by atoms with E-state index in [1.807, 2.05) is 24.7 Å². The number of aryl methyl sites for hydroxylation is 2. The van der Waals surface area contributed by atoms with Crippen LogP contribution in [0.3, 0.4) is 0 Å². The van der Waals surface area contributed by atoms with E-state index in [1.165, 1.54) is 0 Å². The number of esters is 1. The van der Waals surface area contributed by atoms with Crippen molar-refractivity contribution in [2.24, 2.45) is 7.05 Å². The highest BCUT2D eigenvalue weighted by atomic mass is 16.5. The maximum atomic E-state index is 11.7. The van der Waals surface area contributed by atoms with Gasteiger partial charge < -0.3 is 19.7 Å². The Morgan fingerprint density at radius 1 is 1.48 bits per heavy atom. The average molecular weight is 289 g/mol. The Morgan fingerprint density at radius 2 is 2.29 bits per heavy atom. The van der Waals surface area contributed by atoms with Crippen LogP contribution in [0.4, 0.5) is 5.82 Å². The summed E-state index contributed by atoms with van der Waals surface area (Å²) in [6, 6.07) is 5.18. The first-order valence-electron chi connectivity index (χ1n) is 6.71. The fourth-order valence-electron chi connectivity index (χ4n) is 1.89. The molecule has 0 spiro atoms. The minimum absolute atomic E-state index is 0.0198. The van der Waals surface area contributed by atoms with Crippen LogP contribution in [0.1, 0.15) is 17.5 Å². The van der Waals surface area contributed by atoms with Gasteiger partial charge in [0.15, 0.2) is 0 Å². The van der Waals surface area contributed by atoms with Gasteiger partial charge in [-0.1, -0.05) is 6.07 Å². The molecule has 0 bridgehead atoms. The third-order valence-corrected chi connectivity index (χ3v) is 3.06. The van der Waals surface area contributed by atoms with Gasteiger partial charge in [0, 0.05) is 19.8 Å². The first kappa shape index (κ1) is 15.1. The number of carbonyl (C=O) groups excluding carboxylic acids is 1. The largest absolute Gasteiger partial charge is 0.426 e. The zero-order valence-corrected chi connectivity index (χ0v) is 12.2. The number of nitrogens with zero attached hydrogens (tertiary/aromatic N) is 2. The molecule has 1 heterocycles. The van der Waals surface area contributed by atoms with E-state index < -0.39 is 0 Å². The third kappa shape index (κ3) is 4.32. The van der Waals surface area contributed by atoms with Crippen molar-refractivity contribution in [2.75, 3.05) is 11.9 Å². The zero-order chi connectivity index (χ0) is 15.2. The number of hydrogen-bond acceptors (Lipinski definition) is 5. The van der Waals surface area contributed by atoms with Gasteiger partial charge in [0.05, 0.1) is 19.4 Å². The molecule has 0 fully saturated rings. The maximum absolute atomic E-state index is 11.7. The fraction of sp³-hybridized carbons (Fsp3) is 0.333. The third-order valence-electron chi connectivity index (χ3n) is 3.06. The van der Waals surface area contributed by atoms with Crippen molar-refractivity contribution in [2.45, 2.75) is 20.0 Å². The number of hydrogen-bond donors (Lipinski definition) is 2. The van der Waals surface area contributed by atoms with E-state index >= 15 is 0 Å². The van der Waals surface area contributed by atoms with E-state index in [9.17, 15) is 4.79 Å². The summed E-state index contributed by atoms with van der Waals surface area (Å²) in [6.07, 6.45) is 3.77. The van der Waals surface area contributed by atoms with Gasteiger partial charge in [-0.2, -0.15) is 0 Å². The van der Waals surface area contributed by atoms with E-state index in [0.717, 1.165) is 16.9 Å². The quantitative estimate of drug-likeness (QED) is 0.624. The van der Waals surface area contributed by atoms with Gasteiger partial charge in [0.2, 0.25) is 0 Å². The highest BCUT2D eigenvalue weighted by Crippen LogP contribution is 2.17. The van der Waals surface area contributed by atoms with Crippen LogP contribution in [0.25, 0.3) is 0 Å². The Balaban J connectivity index is 1.80. The Hall–Kier alpha value is -2.34. The molecule has 0 aliphatic heterocycles. The molecule has 2 N–H and O–H groups in total. The molecular weight excluding hydrogens is 270 g/mol. The van der Waals surface area contributed by atoms with Crippen molar-refractivity contribution < 1.29 is 14.6 Å². The van der Waals surface area contributed by atoms with Gasteiger partial charge >= 0.3 is 5.97 Å². The molecule has 0 saturated heterocycles. The normalized spacial score (nSPS) is 10.4. The molecule has 6 heteroatoms. The van der Waals surface area contributed by atoms with Crippen molar-refractivity contribution >= 4 is 11.8 Å². The van der Waals surface area contributed by atoms with Crippen LogP contribution in [-0.4, -0.2) is 27.2 Å². The second-order valence-electron chi connectivity index (χ2n) is 4.82. The molecule has 0 radical (unpaired) electrons. The van der Waals surface area contributed by atoms with Crippen molar-refractivity contribution in [1.29, 1.82) is 0 Å². The summed E-state index contributed by atoms with van der Waals surface area (Å²) in [5.74, 6) is 0.913. The number of benzene rings is 1. The Bertz CT molecular complexity index is 622. The van der Waals surface area contributed by atoms with Gasteiger partial charge in [0.25, 0.3) is 0 Å². The number of aliphatic hydroxyl groups excluding tert-OH is 1. The highest BCUT2D eigenvalue weighted by Gasteiger charge is 2.07. The van der Waals surface area contributed by atoms with Gasteiger partial charge in [-0.05, 0) is 30.2 Å². The van der Waals surface area contributed by atoms with E-state index in [2.05, 4.69) is 10.3 Å². The first-order chi connectivity index (χ1) is 10.1. The monoisotopic (exact) mass is 289 g/mol. The van der Waals surface area contributed by atoms with Crippen molar-refractivity contribution in [3.05, 3.63) is 41.9 Å². The number of imidazole rings is 1. The summed E-state index contributed by atoms with van der Waals surface area (Å²) < 4.78 is 7.08. The van der Waals surface area contributed by atoms with Crippen LogP contribution in [0.2, 0.25) is 0 Å². The van der Waals surface area contributed by atoms with E-state index in [4.69, 9.17) is 9.84 Å². The van der Waals surface area contributed by atoms with E-state index in [0.29, 0.717) is 12.3 Å². The van der Waals surface area contributed by atoms with Gasteiger partial charge in [0.1, 0.15) is 11.6 Å². The molecule has 0 aliphatic carbocycles. The number of anilines is 1. The predicted octanol–water partition coefficient (Wildman–Crippen LogP) is 1.63. The van der Waals surface area contributed by atoms with Gasteiger partial charge in [-0.3, -0.25) is 4.79 Å². The zero-order valence-electron chi connectivity index (χ0n) is 12.2. The molecule has 0 aliphatic rings. The number of carbonyl (C=O) groups is 1. The van der Waals surface area contributed by atoms with Crippen molar-refractivity contribution in [3.8, 4) is 5.75 Å². The average Bonchev–Trinajstić information content (AvgIpc) is 2.84. The van der Waals surface area contributed by atoms with Crippen LogP contribution >= 0.6 is 0 Å². The lowest BCUT2D eigenvalue weighted by atomic mass is 10.1. The summed E-state index contributed by atoms with van der Waals surface area (Å²) in [4.78, 5) is 15.8. The Kier molecular flexibility index (Phi) is 4.94. The fourth-order valence-corrected chi connectivity index (χ4v) is 1.89. The number of ether oxygens (including phenoxy) is 1. The summed E-state index contributed by atoms with van der Waals surface area (Å²) in [6.45, 7) is 2.31. The van der Waals surface area contributed by atoms with Crippen LogP contribution in [0, 0.1) is 6.92 Å². The first-order valence-corrected chi connectivity index (χ1v) is 6.71. The summed E-state index contributed by atoms with van der Waals surface area (Å²) >= 11 is 0. The van der Waals surface area contributed by atoms with Crippen molar-refractivity contribution in [3.63, 3.8) is 0 Å². The minimum atomic E-state index is -0.311. The van der Waals surface area contributed by atoms with Crippen LogP contribution < -0.4 is 10.1 Å².